The van der Waals surface area contributed by atoms with Crippen molar-refractivity contribution < 1.29 is 18.3 Å². The van der Waals surface area contributed by atoms with Crippen LogP contribution in [0.3, 0.4) is 0 Å². The zero-order chi connectivity index (χ0) is 28.9. The number of halogens is 2. The van der Waals surface area contributed by atoms with E-state index in [1.807, 2.05) is 39.3 Å². The van der Waals surface area contributed by atoms with Crippen LogP contribution in [0.25, 0.3) is 0 Å². The fraction of sp³-hybridized carbons (Fsp3) is 0.321. The van der Waals surface area contributed by atoms with Gasteiger partial charge in [-0.2, -0.15) is 0 Å². The summed E-state index contributed by atoms with van der Waals surface area (Å²) in [7, 11) is 11.3. The summed E-state index contributed by atoms with van der Waals surface area (Å²) in [5.74, 6) is -0.398. The molecule has 0 bridgehead atoms. The summed E-state index contributed by atoms with van der Waals surface area (Å²) in [6.45, 7) is 5.47. The van der Waals surface area contributed by atoms with Crippen LogP contribution in [0.5, 0.6) is 5.75 Å². The molecular formula is C28H37F2N7O2. The Balaban J connectivity index is 2.26. The number of nitrogens with one attached hydrogen (secondary N) is 2. The van der Waals surface area contributed by atoms with Crippen LogP contribution in [0.15, 0.2) is 69.9 Å². The monoisotopic (exact) mass is 541 g/mol. The summed E-state index contributed by atoms with van der Waals surface area (Å²) in [4.78, 5) is 26.2. The highest BCUT2D eigenvalue weighted by atomic mass is 19.1. The van der Waals surface area contributed by atoms with E-state index >= 15 is 0 Å². The number of carbonyl (C=O) groups excluding carboxylic acids is 1. The third-order valence-corrected chi connectivity index (χ3v) is 5.57. The maximum absolute atomic E-state index is 14.1. The number of carbonyl (C=O) groups is 1. The van der Waals surface area contributed by atoms with Crippen molar-refractivity contribution in [2.24, 2.45) is 9.98 Å². The second-order valence-corrected chi connectivity index (χ2v) is 9.05. The van der Waals surface area contributed by atoms with Gasteiger partial charge in [-0.3, -0.25) is 9.79 Å². The number of amidine groups is 1. The highest BCUT2D eigenvalue weighted by Crippen LogP contribution is 2.29. The Morgan fingerprint density at radius 3 is 2.36 bits per heavy atom. The van der Waals surface area contributed by atoms with Gasteiger partial charge >= 0.3 is 0 Å². The van der Waals surface area contributed by atoms with Crippen molar-refractivity contribution in [3.8, 4) is 5.75 Å². The predicted octanol–water partition coefficient (Wildman–Crippen LogP) is 4.08. The lowest BCUT2D eigenvalue weighted by Crippen LogP contribution is -2.28. The first-order valence-electron chi connectivity index (χ1n) is 12.1. The van der Waals surface area contributed by atoms with Crippen LogP contribution in [-0.2, 0) is 4.79 Å². The number of hydrogen-bond donors (Lipinski definition) is 2. The molecular weight excluding hydrogens is 504 g/mol. The molecule has 2 aromatic carbocycles. The van der Waals surface area contributed by atoms with Crippen LogP contribution in [0.1, 0.15) is 0 Å². The number of allylic oxidation sites excluding steroid dienone is 1. The molecule has 2 N–H and O–H groups in total. The first-order valence-corrected chi connectivity index (χ1v) is 12.1. The number of aliphatic imine (C=N–C) groups is 2. The van der Waals surface area contributed by atoms with Crippen molar-refractivity contribution in [2.75, 3.05) is 77.6 Å². The normalized spacial score (nSPS) is 12.3. The molecule has 0 atom stereocenters. The van der Waals surface area contributed by atoms with Gasteiger partial charge in [0.05, 0.1) is 24.2 Å². The molecule has 39 heavy (non-hydrogen) atoms. The van der Waals surface area contributed by atoms with Crippen LogP contribution < -0.4 is 20.3 Å². The van der Waals surface area contributed by atoms with Gasteiger partial charge in [0.25, 0.3) is 0 Å². The summed E-state index contributed by atoms with van der Waals surface area (Å²) < 4.78 is 32.9. The molecule has 11 heteroatoms. The summed E-state index contributed by atoms with van der Waals surface area (Å²) >= 11 is 0. The maximum Gasteiger partial charge on any atom is 0.166 e. The van der Waals surface area contributed by atoms with Crippen molar-refractivity contribution >= 4 is 35.9 Å². The molecule has 2 aromatic rings. The second-order valence-electron chi connectivity index (χ2n) is 9.05. The van der Waals surface area contributed by atoms with E-state index < -0.39 is 11.6 Å². The predicted molar refractivity (Wildman–Crippen MR) is 156 cm³/mol. The zero-order valence-electron chi connectivity index (χ0n) is 23.3. The van der Waals surface area contributed by atoms with Crippen molar-refractivity contribution in [3.63, 3.8) is 0 Å². The fourth-order valence-electron chi connectivity index (χ4n) is 3.50. The fourth-order valence-corrected chi connectivity index (χ4v) is 3.50. The minimum atomic E-state index is -0.829. The highest BCUT2D eigenvalue weighted by molar-refractivity contribution is 6.02. The Morgan fingerprint density at radius 1 is 1.05 bits per heavy atom. The van der Waals surface area contributed by atoms with Crippen molar-refractivity contribution in [3.05, 3.63) is 71.6 Å². The lowest BCUT2D eigenvalue weighted by atomic mass is 10.2. The molecule has 0 amide bonds. The van der Waals surface area contributed by atoms with Crippen LogP contribution in [-0.4, -0.2) is 90.7 Å². The van der Waals surface area contributed by atoms with Crippen molar-refractivity contribution in [2.45, 2.75) is 0 Å². The number of methoxy groups -OCH3 is 1. The summed E-state index contributed by atoms with van der Waals surface area (Å²) in [6.07, 6.45) is 3.42. The molecule has 0 radical (unpaired) electrons. The number of rotatable bonds is 14. The average molecular weight is 542 g/mol. The van der Waals surface area contributed by atoms with Gasteiger partial charge in [0.1, 0.15) is 29.9 Å². The van der Waals surface area contributed by atoms with Gasteiger partial charge in [-0.1, -0.05) is 0 Å². The maximum atomic E-state index is 14.1. The first kappa shape index (κ1) is 31.0. The van der Waals surface area contributed by atoms with Gasteiger partial charge in [-0.15, -0.1) is 0 Å². The van der Waals surface area contributed by atoms with Crippen molar-refractivity contribution in [1.82, 2.24) is 9.80 Å². The van der Waals surface area contributed by atoms with Crippen LogP contribution >= 0.6 is 0 Å². The zero-order valence-corrected chi connectivity index (χ0v) is 23.3. The van der Waals surface area contributed by atoms with Crippen LogP contribution in [0.2, 0.25) is 0 Å². The Morgan fingerprint density at radius 2 is 1.77 bits per heavy atom. The molecule has 9 nitrogen and oxygen atoms in total. The molecule has 0 saturated heterocycles. The number of nitrogens with zero attached hydrogens (tertiary/aromatic N) is 5. The van der Waals surface area contributed by atoms with Gasteiger partial charge in [0, 0.05) is 63.8 Å². The molecule has 210 valence electrons. The van der Waals surface area contributed by atoms with Gasteiger partial charge in [-0.05, 0) is 51.2 Å². The molecule has 2 rings (SSSR count). The van der Waals surface area contributed by atoms with E-state index in [1.54, 1.807) is 26.1 Å². The Labute approximate surface area is 229 Å². The molecule has 0 unspecified atom stereocenters. The SMILES string of the molecule is C=N/C=C(/C=C(\C=O)Nc1ccc(F)cc1F)C(=N/CNc1ccc(N(C)CCN(C)C)cc1OC)\N(C)C. The van der Waals surface area contributed by atoms with Gasteiger partial charge in [0.2, 0.25) is 0 Å². The van der Waals surface area contributed by atoms with E-state index in [4.69, 9.17) is 4.74 Å². The molecule has 0 heterocycles. The lowest BCUT2D eigenvalue weighted by Gasteiger charge is -2.23. The number of hydrogen-bond acceptors (Lipinski definition) is 8. The highest BCUT2D eigenvalue weighted by Gasteiger charge is 2.12. The quantitative estimate of drug-likeness (QED) is 0.123. The van der Waals surface area contributed by atoms with Gasteiger partial charge in [0.15, 0.2) is 6.29 Å². The molecule has 0 fully saturated rings. The van der Waals surface area contributed by atoms with E-state index in [2.05, 4.69) is 37.1 Å². The number of aldehydes is 1. The molecule has 0 spiro atoms. The van der Waals surface area contributed by atoms with E-state index in [9.17, 15) is 13.6 Å². The standard InChI is InChI=1S/C28H37F2N7O2/c1-31-17-20(14-22(18-38)34-25-10-8-21(29)15-24(25)30)28(36(4)5)33-19-32-26-11-9-23(16-27(26)39-7)37(6)13-12-35(2)3/h8-11,14-18,32,34H,1,12-13,19H2,2-7H3/b20-17-,22-14+,33-28+. The van der Waals surface area contributed by atoms with E-state index in [0.29, 0.717) is 23.4 Å². The molecule has 0 aromatic heterocycles. The van der Waals surface area contributed by atoms with E-state index in [-0.39, 0.29) is 18.1 Å². The largest absolute Gasteiger partial charge is 0.495 e. The van der Waals surface area contributed by atoms with Crippen LogP contribution in [0, 0.1) is 11.6 Å². The number of anilines is 3. The smallest absolute Gasteiger partial charge is 0.166 e. The lowest BCUT2D eigenvalue weighted by molar-refractivity contribution is -0.104. The third kappa shape index (κ3) is 9.53. The summed E-state index contributed by atoms with van der Waals surface area (Å²) in [6, 6.07) is 8.93. The summed E-state index contributed by atoms with van der Waals surface area (Å²) in [5.41, 5.74) is 2.20. The van der Waals surface area contributed by atoms with E-state index in [1.165, 1.54) is 18.3 Å². The molecule has 0 aliphatic rings. The molecule has 0 saturated carbocycles. The first-order chi connectivity index (χ1) is 18.6. The van der Waals surface area contributed by atoms with Gasteiger partial charge < -0.3 is 30.1 Å². The Hall–Kier alpha value is -4.25. The van der Waals surface area contributed by atoms with Gasteiger partial charge in [-0.25, -0.2) is 13.8 Å². The number of benzene rings is 2. The summed E-state index contributed by atoms with van der Waals surface area (Å²) in [5, 5.41) is 5.92. The third-order valence-electron chi connectivity index (χ3n) is 5.57. The number of likely N-dealkylation sites (N-methyl/N-ethyl adjacent to an activating group) is 3. The Bertz CT molecular complexity index is 1230. The minimum absolute atomic E-state index is 0.0218. The Kier molecular flexibility index (Phi) is 12.1. The van der Waals surface area contributed by atoms with Crippen LogP contribution in [0.4, 0.5) is 25.8 Å². The topological polar surface area (TPSA) is 84.8 Å². The van der Waals surface area contributed by atoms with E-state index in [0.717, 1.165) is 36.6 Å². The van der Waals surface area contributed by atoms with Crippen molar-refractivity contribution in [1.29, 1.82) is 0 Å². The number of ether oxygens (including phenoxy) is 1. The second kappa shape index (κ2) is 15.2. The minimum Gasteiger partial charge on any atom is -0.495 e. The average Bonchev–Trinajstić information content (AvgIpc) is 2.90. The molecule has 0 aliphatic heterocycles. The molecule has 0 aliphatic carbocycles.